The first-order chi connectivity index (χ1) is 14.5. The fourth-order valence-electron chi connectivity index (χ4n) is 3.80. The molecule has 1 unspecified atom stereocenters. The van der Waals surface area contributed by atoms with Gasteiger partial charge in [0, 0.05) is 16.4 Å². The lowest BCUT2D eigenvalue weighted by molar-refractivity contribution is -0.137. The summed E-state index contributed by atoms with van der Waals surface area (Å²) in [4.78, 5) is 27.9. The van der Waals surface area contributed by atoms with Crippen LogP contribution in [0, 0.1) is 6.92 Å². The molecule has 0 aliphatic carbocycles. The quantitative estimate of drug-likeness (QED) is 0.595. The standard InChI is InChI=1S/C24H21ClN2O3/c1-16-5-3-4-6-21(16)26-23(29)24(17-7-13-20(30-2)14-8-17)15-22(28)27(24)19-11-9-18(25)10-12-19/h3-14H,15H2,1-2H3,(H,26,29). The fraction of sp³-hybridized carbons (Fsp3) is 0.167. The first-order valence-electron chi connectivity index (χ1n) is 9.56. The summed E-state index contributed by atoms with van der Waals surface area (Å²) in [7, 11) is 1.59. The van der Waals surface area contributed by atoms with Gasteiger partial charge in [0.15, 0.2) is 5.54 Å². The highest BCUT2D eigenvalue weighted by atomic mass is 35.5. The molecule has 152 valence electrons. The van der Waals surface area contributed by atoms with Crippen LogP contribution in [-0.2, 0) is 15.1 Å². The zero-order chi connectivity index (χ0) is 21.3. The molecule has 1 atom stereocenters. The number of methoxy groups -OCH3 is 1. The molecule has 30 heavy (non-hydrogen) atoms. The molecule has 2 amide bonds. The van der Waals surface area contributed by atoms with Crippen molar-refractivity contribution in [3.05, 3.63) is 88.9 Å². The lowest BCUT2D eigenvalue weighted by atomic mass is 9.76. The number of benzene rings is 3. The smallest absolute Gasteiger partial charge is 0.255 e. The number of nitrogens with one attached hydrogen (secondary N) is 1. The predicted octanol–water partition coefficient (Wildman–Crippen LogP) is 4.93. The molecule has 1 aliphatic heterocycles. The van der Waals surface area contributed by atoms with E-state index in [0.717, 1.165) is 5.56 Å². The lowest BCUT2D eigenvalue weighted by Crippen LogP contribution is -2.67. The minimum Gasteiger partial charge on any atom is -0.497 e. The second kappa shape index (κ2) is 7.84. The van der Waals surface area contributed by atoms with E-state index in [9.17, 15) is 9.59 Å². The van der Waals surface area contributed by atoms with Crippen LogP contribution < -0.4 is 15.0 Å². The Bertz CT molecular complexity index is 1100. The number of halogens is 1. The Balaban J connectivity index is 1.80. The van der Waals surface area contributed by atoms with Crippen molar-refractivity contribution in [2.45, 2.75) is 18.9 Å². The maximum Gasteiger partial charge on any atom is 0.255 e. The number of ether oxygens (including phenoxy) is 1. The molecule has 5 nitrogen and oxygen atoms in total. The number of β-lactam (4-membered cyclic amide) rings is 1. The molecule has 0 saturated carbocycles. The van der Waals surface area contributed by atoms with Gasteiger partial charge in [-0.25, -0.2) is 0 Å². The summed E-state index contributed by atoms with van der Waals surface area (Å²) in [5.74, 6) is 0.279. The van der Waals surface area contributed by atoms with E-state index in [1.54, 1.807) is 48.4 Å². The minimum absolute atomic E-state index is 0.0691. The van der Waals surface area contributed by atoms with E-state index >= 15 is 0 Å². The third kappa shape index (κ3) is 3.31. The van der Waals surface area contributed by atoms with Gasteiger partial charge in [0.05, 0.1) is 13.5 Å². The van der Waals surface area contributed by atoms with Crippen LogP contribution in [0.1, 0.15) is 17.5 Å². The summed E-state index contributed by atoms with van der Waals surface area (Å²) in [6.07, 6.45) is 0.0691. The number of anilines is 2. The SMILES string of the molecule is COc1ccc(C2(C(=O)Nc3ccccc3C)CC(=O)N2c2ccc(Cl)cc2)cc1. The molecule has 1 N–H and O–H groups in total. The molecule has 0 aromatic heterocycles. The van der Waals surface area contributed by atoms with Gasteiger partial charge in [-0.15, -0.1) is 0 Å². The molecule has 1 fully saturated rings. The highest BCUT2D eigenvalue weighted by molar-refractivity contribution is 6.30. The summed E-state index contributed by atoms with van der Waals surface area (Å²) < 4.78 is 5.26. The van der Waals surface area contributed by atoms with Crippen LogP contribution in [0.4, 0.5) is 11.4 Å². The van der Waals surface area contributed by atoms with Gasteiger partial charge in [0.25, 0.3) is 5.91 Å². The van der Waals surface area contributed by atoms with Gasteiger partial charge in [-0.1, -0.05) is 41.9 Å². The van der Waals surface area contributed by atoms with E-state index in [0.29, 0.717) is 27.7 Å². The molecule has 0 bridgehead atoms. The van der Waals surface area contributed by atoms with Crippen LogP contribution in [0.3, 0.4) is 0 Å². The molecule has 4 rings (SSSR count). The average molecular weight is 421 g/mol. The number of carbonyl (C=O) groups excluding carboxylic acids is 2. The molecule has 3 aromatic carbocycles. The zero-order valence-corrected chi connectivity index (χ0v) is 17.4. The molecule has 3 aromatic rings. The molecule has 6 heteroatoms. The summed E-state index contributed by atoms with van der Waals surface area (Å²) in [5.41, 5.74) is 1.82. The van der Waals surface area contributed by atoms with Crippen molar-refractivity contribution < 1.29 is 14.3 Å². The Morgan fingerprint density at radius 3 is 2.30 bits per heavy atom. The van der Waals surface area contributed by atoms with Crippen LogP contribution in [0.5, 0.6) is 5.75 Å². The van der Waals surface area contributed by atoms with Crippen molar-refractivity contribution in [2.75, 3.05) is 17.3 Å². The molecule has 0 radical (unpaired) electrons. The van der Waals surface area contributed by atoms with Crippen molar-refractivity contribution in [1.82, 2.24) is 0 Å². The number of hydrogen-bond donors (Lipinski definition) is 1. The molecule has 1 aliphatic rings. The van der Waals surface area contributed by atoms with Crippen molar-refractivity contribution in [3.63, 3.8) is 0 Å². The van der Waals surface area contributed by atoms with Crippen LogP contribution in [0.2, 0.25) is 5.02 Å². The summed E-state index contributed by atoms with van der Waals surface area (Å²) in [6.45, 7) is 1.93. The van der Waals surface area contributed by atoms with E-state index < -0.39 is 5.54 Å². The molecule has 0 spiro atoms. The number of carbonyl (C=O) groups is 2. The average Bonchev–Trinajstić information content (AvgIpc) is 2.75. The van der Waals surface area contributed by atoms with Gasteiger partial charge in [-0.2, -0.15) is 0 Å². The van der Waals surface area contributed by atoms with Gasteiger partial charge < -0.3 is 10.1 Å². The number of aryl methyl sites for hydroxylation is 1. The Hall–Kier alpha value is -3.31. The Morgan fingerprint density at radius 2 is 1.70 bits per heavy atom. The minimum atomic E-state index is -1.17. The largest absolute Gasteiger partial charge is 0.497 e. The van der Waals surface area contributed by atoms with Crippen molar-refractivity contribution in [2.24, 2.45) is 0 Å². The van der Waals surface area contributed by atoms with Crippen LogP contribution in [-0.4, -0.2) is 18.9 Å². The highest BCUT2D eigenvalue weighted by Gasteiger charge is 2.58. The van der Waals surface area contributed by atoms with Crippen molar-refractivity contribution in [3.8, 4) is 5.75 Å². The van der Waals surface area contributed by atoms with Gasteiger partial charge >= 0.3 is 0 Å². The maximum atomic E-state index is 13.7. The van der Waals surface area contributed by atoms with Gasteiger partial charge in [0.1, 0.15) is 5.75 Å². The zero-order valence-electron chi connectivity index (χ0n) is 16.7. The van der Waals surface area contributed by atoms with Crippen LogP contribution in [0.15, 0.2) is 72.8 Å². The fourth-order valence-corrected chi connectivity index (χ4v) is 3.93. The normalized spacial score (nSPS) is 18.0. The number of hydrogen-bond acceptors (Lipinski definition) is 3. The third-order valence-corrected chi connectivity index (χ3v) is 5.71. The summed E-state index contributed by atoms with van der Waals surface area (Å²) in [5, 5.41) is 3.58. The van der Waals surface area contributed by atoms with Gasteiger partial charge in [-0.05, 0) is 60.5 Å². The summed E-state index contributed by atoms with van der Waals surface area (Å²) >= 11 is 6.03. The first kappa shape index (κ1) is 20.0. The van der Waals surface area contributed by atoms with E-state index in [1.807, 2.05) is 43.3 Å². The number of nitrogens with zero attached hydrogens (tertiary/aromatic N) is 1. The van der Waals surface area contributed by atoms with Gasteiger partial charge in [-0.3, -0.25) is 14.5 Å². The molecular weight excluding hydrogens is 400 g/mol. The molecule has 1 saturated heterocycles. The Labute approximate surface area is 180 Å². The van der Waals surface area contributed by atoms with E-state index in [-0.39, 0.29) is 18.2 Å². The number of para-hydroxylation sites is 1. The van der Waals surface area contributed by atoms with E-state index in [4.69, 9.17) is 16.3 Å². The highest BCUT2D eigenvalue weighted by Crippen LogP contribution is 2.46. The number of amides is 2. The second-order valence-electron chi connectivity index (χ2n) is 7.24. The maximum absolute atomic E-state index is 13.7. The Kier molecular flexibility index (Phi) is 5.22. The lowest BCUT2D eigenvalue weighted by Gasteiger charge is -2.50. The van der Waals surface area contributed by atoms with Crippen LogP contribution >= 0.6 is 11.6 Å². The van der Waals surface area contributed by atoms with Crippen molar-refractivity contribution in [1.29, 1.82) is 0 Å². The number of rotatable bonds is 5. The van der Waals surface area contributed by atoms with Gasteiger partial charge in [0.2, 0.25) is 5.91 Å². The summed E-state index contributed by atoms with van der Waals surface area (Å²) in [6, 6.07) is 21.7. The van der Waals surface area contributed by atoms with E-state index in [2.05, 4.69) is 5.32 Å². The predicted molar refractivity (Wildman–Crippen MR) is 118 cm³/mol. The molecular formula is C24H21ClN2O3. The van der Waals surface area contributed by atoms with Crippen LogP contribution in [0.25, 0.3) is 0 Å². The molecule has 1 heterocycles. The second-order valence-corrected chi connectivity index (χ2v) is 7.68. The van der Waals surface area contributed by atoms with Crippen molar-refractivity contribution >= 4 is 34.8 Å². The third-order valence-electron chi connectivity index (χ3n) is 5.46. The first-order valence-corrected chi connectivity index (χ1v) is 9.94. The monoisotopic (exact) mass is 420 g/mol. The Morgan fingerprint density at radius 1 is 1.03 bits per heavy atom. The topological polar surface area (TPSA) is 58.6 Å². The van der Waals surface area contributed by atoms with E-state index in [1.165, 1.54) is 0 Å².